The van der Waals surface area contributed by atoms with E-state index in [2.05, 4.69) is 13.8 Å². The maximum absolute atomic E-state index is 5.45. The van der Waals surface area contributed by atoms with Crippen LogP contribution in [0.25, 0.3) is 0 Å². The van der Waals surface area contributed by atoms with Gasteiger partial charge in [-0.15, -0.1) is 0 Å². The first-order valence-corrected chi connectivity index (χ1v) is 5.04. The zero-order chi connectivity index (χ0) is 8.10. The maximum Gasteiger partial charge on any atom is 0.0841 e. The molecule has 1 heteroatoms. The van der Waals surface area contributed by atoms with Crippen molar-refractivity contribution in [2.45, 2.75) is 64.6 Å². The smallest absolute Gasteiger partial charge is 0.0841 e. The molecule has 1 saturated heterocycles. The third-order valence-corrected chi connectivity index (χ3v) is 2.43. The molecule has 1 heterocycles. The van der Waals surface area contributed by atoms with Gasteiger partial charge in [0.1, 0.15) is 0 Å². The molecule has 0 amide bonds. The van der Waals surface area contributed by atoms with Crippen LogP contribution in [0.2, 0.25) is 0 Å². The summed E-state index contributed by atoms with van der Waals surface area (Å²) in [6, 6.07) is 0. The average molecular weight is 156 g/mol. The van der Waals surface area contributed by atoms with Crippen LogP contribution in [-0.4, -0.2) is 12.2 Å². The number of unbranched alkanes of at least 4 members (excludes halogenated alkanes) is 3. The highest BCUT2D eigenvalue weighted by Crippen LogP contribution is 2.29. The fraction of sp³-hybridized carbons (Fsp3) is 1.00. The summed E-state index contributed by atoms with van der Waals surface area (Å²) >= 11 is 0. The van der Waals surface area contributed by atoms with Gasteiger partial charge in [0.25, 0.3) is 0 Å². The lowest BCUT2D eigenvalue weighted by Gasteiger charge is -1.94. The molecule has 1 nitrogen and oxygen atoms in total. The first kappa shape index (κ1) is 9.05. The minimum absolute atomic E-state index is 0.622. The van der Waals surface area contributed by atoms with Crippen LogP contribution in [0.1, 0.15) is 52.4 Å². The average Bonchev–Trinajstić information content (AvgIpc) is 2.77. The predicted molar refractivity (Wildman–Crippen MR) is 47.7 cm³/mol. The van der Waals surface area contributed by atoms with Gasteiger partial charge in [0.05, 0.1) is 12.2 Å². The van der Waals surface area contributed by atoms with E-state index in [0.717, 1.165) is 0 Å². The first-order chi connectivity index (χ1) is 5.38. The molecule has 0 aromatic rings. The van der Waals surface area contributed by atoms with Crippen molar-refractivity contribution in [3.05, 3.63) is 0 Å². The SMILES string of the molecule is CCCCCCC1OC1CC. The Hall–Kier alpha value is -0.0400. The van der Waals surface area contributed by atoms with Crippen molar-refractivity contribution in [3.8, 4) is 0 Å². The molecule has 11 heavy (non-hydrogen) atoms. The Morgan fingerprint density at radius 2 is 1.82 bits per heavy atom. The third kappa shape index (κ3) is 3.24. The Bertz CT molecular complexity index is 101. The Kier molecular flexibility index (Phi) is 3.92. The highest BCUT2D eigenvalue weighted by molar-refractivity contribution is 4.82. The number of hydrogen-bond donors (Lipinski definition) is 0. The Morgan fingerprint density at radius 3 is 2.36 bits per heavy atom. The van der Waals surface area contributed by atoms with Crippen LogP contribution in [0, 0.1) is 0 Å². The lowest BCUT2D eigenvalue weighted by molar-refractivity contribution is 0.355. The molecular weight excluding hydrogens is 136 g/mol. The molecule has 0 aliphatic carbocycles. The van der Waals surface area contributed by atoms with E-state index < -0.39 is 0 Å². The molecule has 0 aromatic carbocycles. The Labute approximate surface area is 70.1 Å². The van der Waals surface area contributed by atoms with Gasteiger partial charge in [-0.25, -0.2) is 0 Å². The molecule has 0 radical (unpaired) electrons. The van der Waals surface area contributed by atoms with Gasteiger partial charge < -0.3 is 4.74 Å². The molecule has 0 spiro atoms. The van der Waals surface area contributed by atoms with Gasteiger partial charge >= 0.3 is 0 Å². The molecule has 2 unspecified atom stereocenters. The lowest BCUT2D eigenvalue weighted by atomic mass is 10.1. The van der Waals surface area contributed by atoms with Crippen LogP contribution in [0.15, 0.2) is 0 Å². The van der Waals surface area contributed by atoms with E-state index >= 15 is 0 Å². The number of rotatable bonds is 6. The van der Waals surface area contributed by atoms with Crippen LogP contribution in [0.5, 0.6) is 0 Å². The minimum Gasteiger partial charge on any atom is -0.370 e. The van der Waals surface area contributed by atoms with Gasteiger partial charge in [0, 0.05) is 0 Å². The zero-order valence-corrected chi connectivity index (χ0v) is 7.81. The predicted octanol–water partition coefficient (Wildman–Crippen LogP) is 3.13. The molecule has 0 bridgehead atoms. The van der Waals surface area contributed by atoms with E-state index in [4.69, 9.17) is 4.74 Å². The van der Waals surface area contributed by atoms with Gasteiger partial charge in [0.15, 0.2) is 0 Å². The van der Waals surface area contributed by atoms with Crippen molar-refractivity contribution in [1.82, 2.24) is 0 Å². The van der Waals surface area contributed by atoms with Crippen molar-refractivity contribution in [2.24, 2.45) is 0 Å². The summed E-state index contributed by atoms with van der Waals surface area (Å²) in [4.78, 5) is 0. The second-order valence-corrected chi connectivity index (χ2v) is 3.47. The van der Waals surface area contributed by atoms with Gasteiger partial charge in [-0.3, -0.25) is 0 Å². The van der Waals surface area contributed by atoms with Gasteiger partial charge in [0.2, 0.25) is 0 Å². The van der Waals surface area contributed by atoms with E-state index in [9.17, 15) is 0 Å². The van der Waals surface area contributed by atoms with E-state index in [1.807, 2.05) is 0 Å². The zero-order valence-electron chi connectivity index (χ0n) is 7.81. The van der Waals surface area contributed by atoms with Gasteiger partial charge in [-0.2, -0.15) is 0 Å². The molecule has 1 rings (SSSR count). The fourth-order valence-corrected chi connectivity index (χ4v) is 1.56. The van der Waals surface area contributed by atoms with Crippen molar-refractivity contribution in [1.29, 1.82) is 0 Å². The molecule has 2 atom stereocenters. The van der Waals surface area contributed by atoms with E-state index in [1.165, 1.54) is 38.5 Å². The maximum atomic E-state index is 5.45. The summed E-state index contributed by atoms with van der Waals surface area (Å²) < 4.78 is 5.45. The van der Waals surface area contributed by atoms with Crippen molar-refractivity contribution in [3.63, 3.8) is 0 Å². The summed E-state index contributed by atoms with van der Waals surface area (Å²) in [7, 11) is 0. The second kappa shape index (κ2) is 4.76. The summed E-state index contributed by atoms with van der Waals surface area (Å²) in [5.74, 6) is 0. The Morgan fingerprint density at radius 1 is 1.00 bits per heavy atom. The fourth-order valence-electron chi connectivity index (χ4n) is 1.56. The number of ether oxygens (including phenoxy) is 1. The highest BCUT2D eigenvalue weighted by atomic mass is 16.6. The topological polar surface area (TPSA) is 12.5 Å². The van der Waals surface area contributed by atoms with Crippen molar-refractivity contribution in [2.75, 3.05) is 0 Å². The van der Waals surface area contributed by atoms with E-state index in [0.29, 0.717) is 12.2 Å². The molecule has 66 valence electrons. The van der Waals surface area contributed by atoms with Crippen molar-refractivity contribution < 1.29 is 4.74 Å². The molecule has 0 saturated carbocycles. The van der Waals surface area contributed by atoms with Crippen LogP contribution >= 0.6 is 0 Å². The van der Waals surface area contributed by atoms with E-state index in [-0.39, 0.29) is 0 Å². The van der Waals surface area contributed by atoms with Crippen LogP contribution < -0.4 is 0 Å². The Balaban J connectivity index is 1.82. The quantitative estimate of drug-likeness (QED) is 0.425. The van der Waals surface area contributed by atoms with Crippen LogP contribution in [0.3, 0.4) is 0 Å². The molecular formula is C10H20O. The standard InChI is InChI=1S/C10H20O/c1-3-5-6-7-8-10-9(4-2)11-10/h9-10H,3-8H2,1-2H3. The molecule has 1 fully saturated rings. The molecule has 0 aromatic heterocycles. The summed E-state index contributed by atoms with van der Waals surface area (Å²) in [5, 5.41) is 0. The normalized spacial score (nSPS) is 28.9. The third-order valence-electron chi connectivity index (χ3n) is 2.43. The summed E-state index contributed by atoms with van der Waals surface area (Å²) in [6.07, 6.45) is 9.26. The minimum atomic E-state index is 0.622. The highest BCUT2D eigenvalue weighted by Gasteiger charge is 2.35. The van der Waals surface area contributed by atoms with Crippen LogP contribution in [-0.2, 0) is 4.74 Å². The molecule has 0 N–H and O–H groups in total. The van der Waals surface area contributed by atoms with Crippen molar-refractivity contribution >= 4 is 0 Å². The largest absolute Gasteiger partial charge is 0.370 e. The molecule has 1 aliphatic rings. The number of hydrogen-bond acceptors (Lipinski definition) is 1. The lowest BCUT2D eigenvalue weighted by Crippen LogP contribution is -1.91. The summed E-state index contributed by atoms with van der Waals surface area (Å²) in [5.41, 5.74) is 0. The first-order valence-electron chi connectivity index (χ1n) is 5.04. The number of epoxide rings is 1. The second-order valence-electron chi connectivity index (χ2n) is 3.47. The van der Waals surface area contributed by atoms with Gasteiger partial charge in [-0.1, -0.05) is 39.5 Å². The summed E-state index contributed by atoms with van der Waals surface area (Å²) in [6.45, 7) is 4.46. The monoisotopic (exact) mass is 156 g/mol. The van der Waals surface area contributed by atoms with Gasteiger partial charge in [-0.05, 0) is 12.8 Å². The van der Waals surface area contributed by atoms with Crippen LogP contribution in [0.4, 0.5) is 0 Å². The molecule has 1 aliphatic heterocycles. The van der Waals surface area contributed by atoms with E-state index in [1.54, 1.807) is 0 Å².